The summed E-state index contributed by atoms with van der Waals surface area (Å²) < 4.78 is 5.09. The van der Waals surface area contributed by atoms with Crippen molar-refractivity contribution in [3.8, 4) is 0 Å². The van der Waals surface area contributed by atoms with Gasteiger partial charge in [0.25, 0.3) is 0 Å². The second kappa shape index (κ2) is 5.32. The highest BCUT2D eigenvalue weighted by atomic mass is 16.5. The predicted octanol–water partition coefficient (Wildman–Crippen LogP) is 0.663. The molecule has 1 atom stereocenters. The van der Waals surface area contributed by atoms with Gasteiger partial charge in [-0.1, -0.05) is 6.07 Å². The van der Waals surface area contributed by atoms with Gasteiger partial charge in [-0.25, -0.2) is 9.78 Å². The van der Waals surface area contributed by atoms with Crippen LogP contribution in [0.2, 0.25) is 0 Å². The Bertz CT molecular complexity index is 430. The Balaban J connectivity index is 1.82. The van der Waals surface area contributed by atoms with Crippen molar-refractivity contribution in [3.63, 3.8) is 0 Å². The maximum atomic E-state index is 11.6. The number of aromatic nitrogens is 1. The molecule has 1 aliphatic rings. The summed E-state index contributed by atoms with van der Waals surface area (Å²) in [6, 6.07) is 4.99. The van der Waals surface area contributed by atoms with E-state index in [0.29, 0.717) is 18.8 Å². The Labute approximate surface area is 105 Å². The van der Waals surface area contributed by atoms with E-state index >= 15 is 0 Å². The van der Waals surface area contributed by atoms with E-state index in [2.05, 4.69) is 15.6 Å². The number of aliphatic hydroxyl groups is 1. The van der Waals surface area contributed by atoms with Crippen LogP contribution in [0.4, 0.5) is 10.6 Å². The first-order valence-corrected chi connectivity index (χ1v) is 5.86. The number of nitrogens with zero attached hydrogens (tertiary/aromatic N) is 1. The van der Waals surface area contributed by atoms with Gasteiger partial charge in [-0.05, 0) is 19.1 Å². The number of pyridine rings is 1. The topological polar surface area (TPSA) is 83.5 Å². The minimum absolute atomic E-state index is 0.171. The van der Waals surface area contributed by atoms with Gasteiger partial charge in [-0.3, -0.25) is 5.32 Å². The Morgan fingerprint density at radius 1 is 1.61 bits per heavy atom. The fourth-order valence-electron chi connectivity index (χ4n) is 1.75. The van der Waals surface area contributed by atoms with Gasteiger partial charge in [0, 0.05) is 18.7 Å². The molecule has 1 aliphatic heterocycles. The van der Waals surface area contributed by atoms with Gasteiger partial charge in [-0.2, -0.15) is 0 Å². The largest absolute Gasteiger partial charge is 0.386 e. The molecule has 0 bridgehead atoms. The molecule has 18 heavy (non-hydrogen) atoms. The quantitative estimate of drug-likeness (QED) is 0.737. The van der Waals surface area contributed by atoms with Gasteiger partial charge in [0.05, 0.1) is 13.2 Å². The predicted molar refractivity (Wildman–Crippen MR) is 66.4 cm³/mol. The summed E-state index contributed by atoms with van der Waals surface area (Å²) in [5.74, 6) is 0.488. The van der Waals surface area contributed by atoms with E-state index in [9.17, 15) is 9.90 Å². The molecule has 3 N–H and O–H groups in total. The maximum absolute atomic E-state index is 11.6. The molecule has 0 aromatic carbocycles. The van der Waals surface area contributed by atoms with Crippen LogP contribution < -0.4 is 10.6 Å². The highest BCUT2D eigenvalue weighted by molar-refractivity contribution is 5.88. The van der Waals surface area contributed by atoms with Crippen LogP contribution in [0.3, 0.4) is 0 Å². The summed E-state index contributed by atoms with van der Waals surface area (Å²) in [6.07, 6.45) is 0.538. The number of hydrogen-bond acceptors (Lipinski definition) is 4. The molecule has 98 valence electrons. The Morgan fingerprint density at radius 2 is 2.44 bits per heavy atom. The number of urea groups is 1. The summed E-state index contributed by atoms with van der Waals surface area (Å²) >= 11 is 0. The molecule has 1 fully saturated rings. The Kier molecular flexibility index (Phi) is 3.78. The summed E-state index contributed by atoms with van der Waals surface area (Å²) in [4.78, 5) is 15.8. The van der Waals surface area contributed by atoms with Crippen LogP contribution in [0.15, 0.2) is 18.2 Å². The smallest absolute Gasteiger partial charge is 0.320 e. The third-order valence-corrected chi connectivity index (χ3v) is 2.79. The number of ether oxygens (including phenoxy) is 1. The minimum atomic E-state index is -0.947. The minimum Gasteiger partial charge on any atom is -0.386 e. The van der Waals surface area contributed by atoms with Crippen molar-refractivity contribution in [2.75, 3.05) is 25.1 Å². The van der Waals surface area contributed by atoms with Crippen molar-refractivity contribution < 1.29 is 14.6 Å². The number of carbonyl (C=O) groups excluding carboxylic acids is 1. The van der Waals surface area contributed by atoms with Crippen molar-refractivity contribution in [1.82, 2.24) is 10.3 Å². The molecule has 6 nitrogen and oxygen atoms in total. The average Bonchev–Trinajstić information content (AvgIpc) is 2.74. The van der Waals surface area contributed by atoms with Crippen molar-refractivity contribution in [2.45, 2.75) is 18.9 Å². The fourth-order valence-corrected chi connectivity index (χ4v) is 1.75. The zero-order chi connectivity index (χ0) is 13.0. The zero-order valence-electron chi connectivity index (χ0n) is 10.3. The molecule has 1 saturated heterocycles. The number of hydrogen-bond donors (Lipinski definition) is 3. The van der Waals surface area contributed by atoms with Gasteiger partial charge in [0.2, 0.25) is 0 Å². The number of amides is 2. The van der Waals surface area contributed by atoms with Gasteiger partial charge in [0.15, 0.2) is 0 Å². The molecule has 1 aromatic heterocycles. The Morgan fingerprint density at radius 3 is 3.11 bits per heavy atom. The molecule has 6 heteroatoms. The van der Waals surface area contributed by atoms with Gasteiger partial charge < -0.3 is 15.2 Å². The monoisotopic (exact) mass is 251 g/mol. The van der Waals surface area contributed by atoms with E-state index in [1.165, 1.54) is 0 Å². The van der Waals surface area contributed by atoms with Crippen LogP contribution >= 0.6 is 0 Å². The lowest BCUT2D eigenvalue weighted by atomic mass is 10.0. The highest BCUT2D eigenvalue weighted by Gasteiger charge is 2.32. The normalized spacial score (nSPS) is 22.8. The number of carbonyl (C=O) groups is 1. The summed E-state index contributed by atoms with van der Waals surface area (Å²) in [7, 11) is 0. The van der Waals surface area contributed by atoms with Crippen LogP contribution in [0.1, 0.15) is 12.1 Å². The van der Waals surface area contributed by atoms with Crippen LogP contribution in [0, 0.1) is 6.92 Å². The molecular weight excluding hydrogens is 234 g/mol. The molecule has 1 aromatic rings. The van der Waals surface area contributed by atoms with Crippen LogP contribution in [-0.4, -0.2) is 41.5 Å². The number of anilines is 1. The van der Waals surface area contributed by atoms with Crippen molar-refractivity contribution >= 4 is 11.8 Å². The van der Waals surface area contributed by atoms with E-state index < -0.39 is 5.60 Å². The van der Waals surface area contributed by atoms with Crippen LogP contribution in [0.25, 0.3) is 0 Å². The third kappa shape index (κ3) is 3.41. The number of nitrogens with one attached hydrogen (secondary N) is 2. The Hall–Kier alpha value is -1.66. The average molecular weight is 251 g/mol. The third-order valence-electron chi connectivity index (χ3n) is 2.79. The van der Waals surface area contributed by atoms with Crippen LogP contribution in [-0.2, 0) is 4.74 Å². The summed E-state index contributed by atoms with van der Waals surface area (Å²) in [5.41, 5.74) is -0.118. The van der Waals surface area contributed by atoms with E-state index in [1.807, 2.05) is 19.1 Å². The first kappa shape index (κ1) is 12.8. The highest BCUT2D eigenvalue weighted by Crippen LogP contribution is 2.16. The second-order valence-electron chi connectivity index (χ2n) is 4.50. The molecular formula is C12H17N3O3. The molecule has 2 rings (SSSR count). The number of aryl methyl sites for hydroxylation is 1. The van der Waals surface area contributed by atoms with Gasteiger partial charge in [0.1, 0.15) is 11.4 Å². The first-order chi connectivity index (χ1) is 8.57. The van der Waals surface area contributed by atoms with E-state index in [0.717, 1.165) is 5.69 Å². The van der Waals surface area contributed by atoms with E-state index in [4.69, 9.17) is 4.74 Å². The van der Waals surface area contributed by atoms with E-state index in [-0.39, 0.29) is 19.2 Å². The molecule has 0 saturated carbocycles. The molecule has 0 radical (unpaired) electrons. The standard InChI is InChI=1S/C12H17N3O3/c1-9-3-2-4-10(14-9)15-11(16)13-7-12(17)5-6-18-8-12/h2-4,17H,5-8H2,1H3,(H2,13,14,15,16). The first-order valence-electron chi connectivity index (χ1n) is 5.86. The number of rotatable bonds is 3. The molecule has 2 amide bonds. The molecule has 0 aliphatic carbocycles. The summed E-state index contributed by atoms with van der Waals surface area (Å²) in [6.45, 7) is 2.81. The maximum Gasteiger partial charge on any atom is 0.320 e. The van der Waals surface area contributed by atoms with Crippen molar-refractivity contribution in [2.24, 2.45) is 0 Å². The molecule has 0 spiro atoms. The van der Waals surface area contributed by atoms with Gasteiger partial charge >= 0.3 is 6.03 Å². The van der Waals surface area contributed by atoms with Gasteiger partial charge in [-0.15, -0.1) is 0 Å². The SMILES string of the molecule is Cc1cccc(NC(=O)NCC2(O)CCOC2)n1. The van der Waals surface area contributed by atoms with Crippen molar-refractivity contribution in [3.05, 3.63) is 23.9 Å². The van der Waals surface area contributed by atoms with E-state index in [1.54, 1.807) is 6.07 Å². The fraction of sp³-hybridized carbons (Fsp3) is 0.500. The zero-order valence-corrected chi connectivity index (χ0v) is 10.3. The van der Waals surface area contributed by atoms with Crippen LogP contribution in [0.5, 0.6) is 0 Å². The molecule has 1 unspecified atom stereocenters. The van der Waals surface area contributed by atoms with Crippen molar-refractivity contribution in [1.29, 1.82) is 0 Å². The lowest BCUT2D eigenvalue weighted by molar-refractivity contribution is 0.0295. The second-order valence-corrected chi connectivity index (χ2v) is 4.50. The summed E-state index contributed by atoms with van der Waals surface area (Å²) in [5, 5.41) is 15.2. The lowest BCUT2D eigenvalue weighted by Gasteiger charge is -2.20. The lowest BCUT2D eigenvalue weighted by Crippen LogP contribution is -2.44. The molecule has 2 heterocycles.